The minimum atomic E-state index is -2.62. The van der Waals surface area contributed by atoms with Crippen molar-refractivity contribution in [1.82, 2.24) is 9.88 Å². The quantitative estimate of drug-likeness (QED) is 0.572. The second-order valence-corrected chi connectivity index (χ2v) is 8.06. The maximum atomic E-state index is 14.6. The lowest BCUT2D eigenvalue weighted by atomic mass is 9.88. The molecule has 160 valence electrons. The second kappa shape index (κ2) is 8.64. The number of aromatic amines is 1. The lowest BCUT2D eigenvalue weighted by Gasteiger charge is -2.38. The number of H-pyrrole nitrogens is 1. The Kier molecular flexibility index (Phi) is 5.95. The van der Waals surface area contributed by atoms with E-state index in [2.05, 4.69) is 9.88 Å². The van der Waals surface area contributed by atoms with Crippen LogP contribution in [-0.4, -0.2) is 43.1 Å². The van der Waals surface area contributed by atoms with Crippen LogP contribution in [0.1, 0.15) is 24.0 Å². The molecule has 0 saturated carbocycles. The molecule has 1 aliphatic heterocycles. The van der Waals surface area contributed by atoms with Gasteiger partial charge in [0, 0.05) is 55.1 Å². The number of benzene rings is 2. The van der Waals surface area contributed by atoms with Crippen molar-refractivity contribution in [1.29, 1.82) is 0 Å². The first kappa shape index (κ1) is 20.7. The highest BCUT2D eigenvalue weighted by molar-refractivity contribution is 5.84. The van der Waals surface area contributed by atoms with E-state index in [0.717, 1.165) is 33.5 Å². The van der Waals surface area contributed by atoms with Crippen LogP contribution in [-0.2, 0) is 13.0 Å². The lowest BCUT2D eigenvalue weighted by Crippen LogP contribution is -2.46. The Balaban J connectivity index is 1.43. The van der Waals surface area contributed by atoms with Gasteiger partial charge in [-0.25, -0.2) is 8.78 Å². The van der Waals surface area contributed by atoms with Crippen molar-refractivity contribution < 1.29 is 18.3 Å². The molecule has 1 fully saturated rings. The Labute approximate surface area is 175 Å². The highest BCUT2D eigenvalue weighted by Gasteiger charge is 2.43. The van der Waals surface area contributed by atoms with Crippen LogP contribution in [0.4, 0.5) is 8.78 Å². The van der Waals surface area contributed by atoms with Gasteiger partial charge in [0.1, 0.15) is 11.5 Å². The van der Waals surface area contributed by atoms with E-state index >= 15 is 0 Å². The molecular formula is C24H28F2N2O2. The third-order valence-corrected chi connectivity index (χ3v) is 6.12. The van der Waals surface area contributed by atoms with Crippen molar-refractivity contribution in [2.45, 2.75) is 31.7 Å². The van der Waals surface area contributed by atoms with Crippen LogP contribution in [0, 0.1) is 5.92 Å². The third kappa shape index (κ3) is 4.43. The maximum absolute atomic E-state index is 14.6. The number of fused-ring (bicyclic) bond motifs is 1. The first-order valence-corrected chi connectivity index (χ1v) is 10.4. The summed E-state index contributed by atoms with van der Waals surface area (Å²) in [5.41, 5.74) is 3.17. The zero-order chi connectivity index (χ0) is 21.1. The fourth-order valence-corrected chi connectivity index (χ4v) is 4.33. The molecule has 1 aliphatic rings. The van der Waals surface area contributed by atoms with Gasteiger partial charge in [0.15, 0.2) is 0 Å². The van der Waals surface area contributed by atoms with Crippen molar-refractivity contribution in [3.05, 3.63) is 59.8 Å². The van der Waals surface area contributed by atoms with Crippen LogP contribution < -0.4 is 9.47 Å². The highest BCUT2D eigenvalue weighted by atomic mass is 19.3. The number of methoxy groups -OCH3 is 2. The van der Waals surface area contributed by atoms with E-state index in [4.69, 9.17) is 9.47 Å². The predicted molar refractivity (Wildman–Crippen MR) is 114 cm³/mol. The predicted octanol–water partition coefficient (Wildman–Crippen LogP) is 5.28. The molecule has 2 heterocycles. The van der Waals surface area contributed by atoms with E-state index < -0.39 is 11.8 Å². The van der Waals surface area contributed by atoms with Crippen LogP contribution in [0.2, 0.25) is 0 Å². The Bertz CT molecular complexity index is 1000. The van der Waals surface area contributed by atoms with Gasteiger partial charge in [-0.2, -0.15) is 0 Å². The number of aryl methyl sites for hydroxylation is 1. The summed E-state index contributed by atoms with van der Waals surface area (Å²) in [4.78, 5) is 5.42. The average Bonchev–Trinajstić information content (AvgIpc) is 3.16. The van der Waals surface area contributed by atoms with E-state index in [1.165, 1.54) is 0 Å². The van der Waals surface area contributed by atoms with Gasteiger partial charge in [-0.1, -0.05) is 12.1 Å². The Morgan fingerprint density at radius 2 is 1.90 bits per heavy atom. The summed E-state index contributed by atoms with van der Waals surface area (Å²) in [6, 6.07) is 13.6. The number of piperidine rings is 1. The molecule has 0 radical (unpaired) electrons. The van der Waals surface area contributed by atoms with Gasteiger partial charge < -0.3 is 14.5 Å². The Morgan fingerprint density at radius 3 is 2.70 bits per heavy atom. The van der Waals surface area contributed by atoms with Crippen LogP contribution in [0.25, 0.3) is 10.9 Å². The number of likely N-dealkylation sites (tertiary alicyclic amines) is 1. The number of hydrogen-bond acceptors (Lipinski definition) is 3. The molecule has 30 heavy (non-hydrogen) atoms. The third-order valence-electron chi connectivity index (χ3n) is 6.12. The summed E-state index contributed by atoms with van der Waals surface area (Å²) >= 11 is 0. The van der Waals surface area contributed by atoms with E-state index in [1.807, 2.05) is 48.7 Å². The lowest BCUT2D eigenvalue weighted by molar-refractivity contribution is -0.109. The maximum Gasteiger partial charge on any atom is 0.253 e. The molecule has 1 unspecified atom stereocenters. The van der Waals surface area contributed by atoms with Gasteiger partial charge in [-0.15, -0.1) is 0 Å². The fraction of sp³-hybridized carbons (Fsp3) is 0.417. The van der Waals surface area contributed by atoms with E-state index in [0.29, 0.717) is 32.5 Å². The van der Waals surface area contributed by atoms with Gasteiger partial charge in [-0.3, -0.25) is 4.90 Å². The number of alkyl halides is 2. The molecule has 1 saturated heterocycles. The van der Waals surface area contributed by atoms with Crippen LogP contribution >= 0.6 is 0 Å². The largest absolute Gasteiger partial charge is 0.497 e. The topological polar surface area (TPSA) is 37.5 Å². The summed E-state index contributed by atoms with van der Waals surface area (Å²) in [6.45, 7) is 1.48. The molecule has 0 amide bonds. The molecule has 1 aromatic heterocycles. The van der Waals surface area contributed by atoms with Gasteiger partial charge >= 0.3 is 0 Å². The minimum absolute atomic E-state index is 0.0913. The molecular weight excluding hydrogens is 386 g/mol. The Hall–Kier alpha value is -2.60. The second-order valence-electron chi connectivity index (χ2n) is 8.06. The summed E-state index contributed by atoms with van der Waals surface area (Å²) in [5.74, 6) is -1.71. The summed E-state index contributed by atoms with van der Waals surface area (Å²) in [5, 5.41) is 1.11. The summed E-state index contributed by atoms with van der Waals surface area (Å²) in [6.07, 6.45) is 2.97. The fourth-order valence-electron chi connectivity index (χ4n) is 4.33. The van der Waals surface area contributed by atoms with Crippen molar-refractivity contribution in [3.8, 4) is 11.5 Å². The van der Waals surface area contributed by atoms with E-state index in [-0.39, 0.29) is 6.42 Å². The standard InChI is InChI=1S/C24H28F2N2O2/c1-29-20-5-3-4-17(12-20)6-7-19-16-28(11-10-24(19,25)26)15-18-14-27-23-13-21(30-2)8-9-22(18)23/h3-5,8-9,12-14,19,27H,6-7,10-11,15-16H2,1-2H3. The molecule has 3 aromatic rings. The number of nitrogens with one attached hydrogen (secondary N) is 1. The number of nitrogens with zero attached hydrogens (tertiary/aromatic N) is 1. The molecule has 6 heteroatoms. The molecule has 0 aliphatic carbocycles. The van der Waals surface area contributed by atoms with Crippen molar-refractivity contribution in [3.63, 3.8) is 0 Å². The first-order chi connectivity index (χ1) is 14.5. The molecule has 0 spiro atoms. The molecule has 1 N–H and O–H groups in total. The highest BCUT2D eigenvalue weighted by Crippen LogP contribution is 2.37. The van der Waals surface area contributed by atoms with Gasteiger partial charge in [0.2, 0.25) is 0 Å². The van der Waals surface area contributed by atoms with Crippen molar-refractivity contribution in [2.24, 2.45) is 5.92 Å². The molecule has 4 nitrogen and oxygen atoms in total. The number of ether oxygens (including phenoxy) is 2. The van der Waals surface area contributed by atoms with Gasteiger partial charge in [0.05, 0.1) is 14.2 Å². The summed E-state index contributed by atoms with van der Waals surface area (Å²) in [7, 11) is 3.26. The average molecular weight is 414 g/mol. The van der Waals surface area contributed by atoms with E-state index in [1.54, 1.807) is 14.2 Å². The summed E-state index contributed by atoms with van der Waals surface area (Å²) < 4.78 is 39.8. The normalized spacial score (nSPS) is 19.1. The van der Waals surface area contributed by atoms with Gasteiger partial charge in [0.25, 0.3) is 5.92 Å². The zero-order valence-corrected chi connectivity index (χ0v) is 17.5. The number of rotatable bonds is 7. The molecule has 1 atom stereocenters. The molecule has 2 aromatic carbocycles. The Morgan fingerprint density at radius 1 is 1.10 bits per heavy atom. The first-order valence-electron chi connectivity index (χ1n) is 10.4. The SMILES string of the molecule is COc1cccc(CCC2CN(Cc3c[nH]c4cc(OC)ccc34)CCC2(F)F)c1. The zero-order valence-electron chi connectivity index (χ0n) is 17.5. The van der Waals surface area contributed by atoms with Crippen molar-refractivity contribution in [2.75, 3.05) is 27.3 Å². The molecule has 4 rings (SSSR count). The van der Waals surface area contributed by atoms with Crippen LogP contribution in [0.15, 0.2) is 48.7 Å². The van der Waals surface area contributed by atoms with Gasteiger partial charge in [-0.05, 0) is 48.2 Å². The van der Waals surface area contributed by atoms with Crippen molar-refractivity contribution >= 4 is 10.9 Å². The van der Waals surface area contributed by atoms with E-state index in [9.17, 15) is 8.78 Å². The van der Waals surface area contributed by atoms with Crippen LogP contribution in [0.5, 0.6) is 11.5 Å². The number of halogens is 2. The monoisotopic (exact) mass is 414 g/mol. The smallest absolute Gasteiger partial charge is 0.253 e. The number of aromatic nitrogens is 1. The van der Waals surface area contributed by atoms with Crippen LogP contribution in [0.3, 0.4) is 0 Å². The number of hydrogen-bond donors (Lipinski definition) is 1. The minimum Gasteiger partial charge on any atom is -0.497 e. The molecule has 0 bridgehead atoms.